The first-order chi connectivity index (χ1) is 8.84. The Morgan fingerprint density at radius 2 is 2.00 bits per heavy atom. The van der Waals surface area contributed by atoms with Crippen molar-refractivity contribution in [1.82, 2.24) is 9.97 Å². The van der Waals surface area contributed by atoms with Crippen molar-refractivity contribution in [3.63, 3.8) is 0 Å². The Kier molecular flexibility index (Phi) is 3.07. The first-order valence-corrected chi connectivity index (χ1v) is 6.35. The smallest absolute Gasteiger partial charge is 0.101 e. The monoisotopic (exact) mass is 240 g/mol. The Bertz CT molecular complexity index is 527. The first kappa shape index (κ1) is 11.4. The number of hydrogen-bond acceptors (Lipinski definition) is 3. The van der Waals surface area contributed by atoms with Crippen molar-refractivity contribution in [3.8, 4) is 0 Å². The van der Waals surface area contributed by atoms with E-state index in [-0.39, 0.29) is 5.92 Å². The van der Waals surface area contributed by atoms with Gasteiger partial charge in [-0.05, 0) is 36.3 Å². The number of rotatable bonds is 2. The van der Waals surface area contributed by atoms with Crippen molar-refractivity contribution in [2.75, 3.05) is 0 Å². The summed E-state index contributed by atoms with van der Waals surface area (Å²) >= 11 is 0. The number of aliphatic hydroxyl groups is 1. The van der Waals surface area contributed by atoms with E-state index in [2.05, 4.69) is 34.2 Å². The maximum absolute atomic E-state index is 10.4. The lowest BCUT2D eigenvalue weighted by atomic mass is 9.80. The van der Waals surface area contributed by atoms with Crippen LogP contribution in [0, 0.1) is 5.92 Å². The Morgan fingerprint density at radius 3 is 2.78 bits per heavy atom. The third-order valence-corrected chi connectivity index (χ3v) is 3.72. The minimum absolute atomic E-state index is 0.247. The maximum Gasteiger partial charge on any atom is 0.101 e. The van der Waals surface area contributed by atoms with Crippen LogP contribution < -0.4 is 0 Å². The van der Waals surface area contributed by atoms with Gasteiger partial charge in [-0.1, -0.05) is 24.3 Å². The van der Waals surface area contributed by atoms with Gasteiger partial charge in [0.25, 0.3) is 0 Å². The van der Waals surface area contributed by atoms with E-state index < -0.39 is 6.10 Å². The molecule has 2 unspecified atom stereocenters. The summed E-state index contributed by atoms with van der Waals surface area (Å²) < 4.78 is 0. The van der Waals surface area contributed by atoms with E-state index in [1.54, 1.807) is 18.6 Å². The number of hydrogen-bond donors (Lipinski definition) is 1. The molecule has 92 valence electrons. The van der Waals surface area contributed by atoms with Crippen molar-refractivity contribution in [3.05, 3.63) is 59.7 Å². The molecular weight excluding hydrogens is 224 g/mol. The van der Waals surface area contributed by atoms with Crippen LogP contribution in [0.2, 0.25) is 0 Å². The average molecular weight is 240 g/mol. The molecule has 1 aromatic heterocycles. The fourth-order valence-electron chi connectivity index (χ4n) is 2.70. The van der Waals surface area contributed by atoms with Gasteiger partial charge in [0, 0.05) is 12.4 Å². The summed E-state index contributed by atoms with van der Waals surface area (Å²) in [6.45, 7) is 0. The van der Waals surface area contributed by atoms with E-state index in [4.69, 9.17) is 0 Å². The van der Waals surface area contributed by atoms with E-state index in [1.807, 2.05) is 0 Å². The van der Waals surface area contributed by atoms with Gasteiger partial charge in [-0.3, -0.25) is 9.97 Å². The molecule has 0 amide bonds. The van der Waals surface area contributed by atoms with E-state index in [0.29, 0.717) is 5.69 Å². The molecular formula is C15H16N2O. The number of benzene rings is 1. The molecule has 1 heterocycles. The van der Waals surface area contributed by atoms with Crippen molar-refractivity contribution >= 4 is 0 Å². The second-order valence-corrected chi connectivity index (χ2v) is 4.85. The number of aromatic nitrogens is 2. The van der Waals surface area contributed by atoms with Crippen molar-refractivity contribution < 1.29 is 5.11 Å². The summed E-state index contributed by atoms with van der Waals surface area (Å²) in [4.78, 5) is 8.22. The lowest BCUT2D eigenvalue weighted by molar-refractivity contribution is 0.0951. The van der Waals surface area contributed by atoms with Crippen LogP contribution in [0.5, 0.6) is 0 Å². The molecule has 1 aliphatic rings. The van der Waals surface area contributed by atoms with Crippen LogP contribution in [0.3, 0.4) is 0 Å². The molecule has 3 rings (SSSR count). The summed E-state index contributed by atoms with van der Waals surface area (Å²) in [7, 11) is 0. The Balaban J connectivity index is 1.80. The lowest BCUT2D eigenvalue weighted by Crippen LogP contribution is -2.21. The molecule has 0 bridgehead atoms. The highest BCUT2D eigenvalue weighted by Crippen LogP contribution is 2.33. The largest absolute Gasteiger partial charge is 0.386 e. The molecule has 0 aliphatic heterocycles. The average Bonchev–Trinajstić information content (AvgIpc) is 2.47. The van der Waals surface area contributed by atoms with Crippen LogP contribution >= 0.6 is 0 Å². The molecule has 0 fully saturated rings. The maximum atomic E-state index is 10.4. The summed E-state index contributed by atoms with van der Waals surface area (Å²) in [5.41, 5.74) is 3.46. The second kappa shape index (κ2) is 4.86. The molecule has 2 atom stereocenters. The molecule has 1 aliphatic carbocycles. The summed E-state index contributed by atoms with van der Waals surface area (Å²) in [5, 5.41) is 10.4. The number of nitrogens with zero attached hydrogens (tertiary/aromatic N) is 2. The van der Waals surface area contributed by atoms with E-state index >= 15 is 0 Å². The van der Waals surface area contributed by atoms with Crippen LogP contribution in [-0.2, 0) is 12.8 Å². The quantitative estimate of drug-likeness (QED) is 0.876. The highest BCUT2D eigenvalue weighted by Gasteiger charge is 2.26. The third kappa shape index (κ3) is 2.14. The Morgan fingerprint density at radius 1 is 1.17 bits per heavy atom. The molecule has 0 saturated carbocycles. The van der Waals surface area contributed by atoms with Gasteiger partial charge in [0.15, 0.2) is 0 Å². The fourth-order valence-corrected chi connectivity index (χ4v) is 2.70. The zero-order chi connectivity index (χ0) is 12.4. The summed E-state index contributed by atoms with van der Waals surface area (Å²) in [5.74, 6) is 0.247. The van der Waals surface area contributed by atoms with Gasteiger partial charge in [-0.15, -0.1) is 0 Å². The highest BCUT2D eigenvalue weighted by atomic mass is 16.3. The molecule has 1 aromatic carbocycles. The molecule has 18 heavy (non-hydrogen) atoms. The number of fused-ring (bicyclic) bond motifs is 1. The third-order valence-electron chi connectivity index (χ3n) is 3.72. The van der Waals surface area contributed by atoms with Crippen molar-refractivity contribution in [2.45, 2.75) is 25.4 Å². The molecule has 0 spiro atoms. The predicted octanol–water partition coefficient (Wildman–Crippen LogP) is 2.32. The van der Waals surface area contributed by atoms with E-state index in [0.717, 1.165) is 19.3 Å². The zero-order valence-electron chi connectivity index (χ0n) is 10.2. The lowest BCUT2D eigenvalue weighted by Gasteiger charge is -2.28. The van der Waals surface area contributed by atoms with E-state index in [9.17, 15) is 5.11 Å². The van der Waals surface area contributed by atoms with Gasteiger partial charge < -0.3 is 5.11 Å². The molecule has 0 radical (unpaired) electrons. The minimum Gasteiger partial charge on any atom is -0.386 e. The molecule has 0 saturated heterocycles. The summed E-state index contributed by atoms with van der Waals surface area (Å²) in [6.07, 6.45) is 7.39. The normalized spacial score (nSPS) is 20.2. The van der Waals surface area contributed by atoms with Gasteiger partial charge >= 0.3 is 0 Å². The standard InChI is InChI=1S/C15H16N2O/c18-15(14-10-16-7-8-17-14)13-6-5-11-3-1-2-4-12(11)9-13/h1-4,7-8,10,13,15,18H,5-6,9H2. The minimum atomic E-state index is -0.507. The molecule has 3 heteroatoms. The molecule has 3 nitrogen and oxygen atoms in total. The second-order valence-electron chi connectivity index (χ2n) is 4.85. The first-order valence-electron chi connectivity index (χ1n) is 6.35. The van der Waals surface area contributed by atoms with Crippen molar-refractivity contribution in [2.24, 2.45) is 5.92 Å². The van der Waals surface area contributed by atoms with E-state index in [1.165, 1.54) is 11.1 Å². The number of aryl methyl sites for hydroxylation is 1. The van der Waals surface area contributed by atoms with Gasteiger partial charge in [-0.2, -0.15) is 0 Å². The fraction of sp³-hybridized carbons (Fsp3) is 0.333. The molecule has 2 aromatic rings. The van der Waals surface area contributed by atoms with Crippen LogP contribution in [0.15, 0.2) is 42.9 Å². The van der Waals surface area contributed by atoms with Crippen LogP contribution in [-0.4, -0.2) is 15.1 Å². The highest BCUT2D eigenvalue weighted by molar-refractivity contribution is 5.30. The van der Waals surface area contributed by atoms with Gasteiger partial charge in [0.2, 0.25) is 0 Å². The predicted molar refractivity (Wildman–Crippen MR) is 68.9 cm³/mol. The van der Waals surface area contributed by atoms with Gasteiger partial charge in [-0.25, -0.2) is 0 Å². The van der Waals surface area contributed by atoms with Gasteiger partial charge in [0.05, 0.1) is 11.9 Å². The summed E-state index contributed by atoms with van der Waals surface area (Å²) in [6, 6.07) is 8.49. The van der Waals surface area contributed by atoms with Crippen LogP contribution in [0.1, 0.15) is 29.3 Å². The molecule has 1 N–H and O–H groups in total. The SMILES string of the molecule is OC(c1cnccn1)C1CCc2ccccc2C1. The topological polar surface area (TPSA) is 46.0 Å². The van der Waals surface area contributed by atoms with Crippen molar-refractivity contribution in [1.29, 1.82) is 0 Å². The Hall–Kier alpha value is -1.74. The zero-order valence-corrected chi connectivity index (χ0v) is 10.2. The Labute approximate surface area is 107 Å². The van der Waals surface area contributed by atoms with Crippen LogP contribution in [0.4, 0.5) is 0 Å². The van der Waals surface area contributed by atoms with Crippen LogP contribution in [0.25, 0.3) is 0 Å². The van der Waals surface area contributed by atoms with Gasteiger partial charge in [0.1, 0.15) is 6.10 Å². The number of aliphatic hydroxyl groups excluding tert-OH is 1.